The quantitative estimate of drug-likeness (QED) is 0.141. The molecule has 14 aromatic carbocycles. The van der Waals surface area contributed by atoms with Crippen molar-refractivity contribution in [2.24, 2.45) is 0 Å². The summed E-state index contributed by atoms with van der Waals surface area (Å²) >= 11 is 0. The van der Waals surface area contributed by atoms with Crippen LogP contribution in [0, 0.1) is 0 Å². The molecule has 94 heavy (non-hydrogen) atoms. The van der Waals surface area contributed by atoms with Gasteiger partial charge in [-0.05, 0) is 205 Å². The van der Waals surface area contributed by atoms with Crippen LogP contribution in [0.25, 0.3) is 138 Å². The average molecular weight is 1200 g/mol. The zero-order valence-corrected chi connectivity index (χ0v) is 52.8. The highest BCUT2D eigenvalue weighted by molar-refractivity contribution is 6.13. The van der Waals surface area contributed by atoms with Crippen molar-refractivity contribution in [1.82, 2.24) is 13.7 Å². The SMILES string of the molecule is CC1(C)c2cc(-c3ccc4c5ccccc5n(-c5ccccc5)c4c3)ccc2-c2ccc(N(c3ccc(-c4ccc5c(c4)c4ccccc4n5-c4ccccc4)cc3)c3ccc4c(c3)C(C)(C)c3cc(-c5ccc6c7ccccc7n(-c7ccccc7)c6c5)ccc3-4)cc21. The number of aromatic nitrogens is 3. The van der Waals surface area contributed by atoms with E-state index in [9.17, 15) is 0 Å². The largest absolute Gasteiger partial charge is 0.310 e. The van der Waals surface area contributed by atoms with Crippen molar-refractivity contribution >= 4 is 82.5 Å². The van der Waals surface area contributed by atoms with E-state index in [0.717, 1.165) is 34.1 Å². The first-order valence-corrected chi connectivity index (χ1v) is 32.9. The molecule has 0 bridgehead atoms. The fourth-order valence-corrected chi connectivity index (χ4v) is 16.4. The van der Waals surface area contributed by atoms with Crippen molar-refractivity contribution in [2.45, 2.75) is 38.5 Å². The van der Waals surface area contributed by atoms with Gasteiger partial charge in [-0.15, -0.1) is 0 Å². The summed E-state index contributed by atoms with van der Waals surface area (Å²) in [6, 6.07) is 118. The van der Waals surface area contributed by atoms with Crippen LogP contribution in [0.3, 0.4) is 0 Å². The Morgan fingerprint density at radius 2 is 0.511 bits per heavy atom. The van der Waals surface area contributed by atoms with Crippen molar-refractivity contribution in [2.75, 3.05) is 4.90 Å². The molecule has 0 unspecified atom stereocenters. The molecule has 4 nitrogen and oxygen atoms in total. The third-order valence-electron chi connectivity index (χ3n) is 21.0. The highest BCUT2D eigenvalue weighted by atomic mass is 15.1. The van der Waals surface area contributed by atoms with Gasteiger partial charge in [-0.2, -0.15) is 0 Å². The Morgan fingerprint density at radius 3 is 0.957 bits per heavy atom. The predicted molar refractivity (Wildman–Crippen MR) is 396 cm³/mol. The molecule has 0 saturated heterocycles. The molecule has 0 fully saturated rings. The van der Waals surface area contributed by atoms with Crippen molar-refractivity contribution in [3.8, 4) is 72.7 Å². The predicted octanol–water partition coefficient (Wildman–Crippen LogP) is 24.1. The van der Waals surface area contributed by atoms with Gasteiger partial charge in [0.05, 0.1) is 33.1 Å². The molecule has 2 aliphatic rings. The lowest BCUT2D eigenvalue weighted by Crippen LogP contribution is -2.18. The minimum absolute atomic E-state index is 0.292. The van der Waals surface area contributed by atoms with Crippen LogP contribution in [-0.4, -0.2) is 13.7 Å². The van der Waals surface area contributed by atoms with Gasteiger partial charge in [0.15, 0.2) is 0 Å². The number of benzene rings is 14. The van der Waals surface area contributed by atoms with Gasteiger partial charge < -0.3 is 18.6 Å². The fourth-order valence-electron chi connectivity index (χ4n) is 16.4. The van der Waals surface area contributed by atoms with E-state index >= 15 is 0 Å². The van der Waals surface area contributed by atoms with Gasteiger partial charge in [-0.3, -0.25) is 0 Å². The van der Waals surface area contributed by atoms with Crippen molar-refractivity contribution in [1.29, 1.82) is 0 Å². The lowest BCUT2D eigenvalue weighted by atomic mass is 9.81. The van der Waals surface area contributed by atoms with E-state index in [0.29, 0.717) is 0 Å². The monoisotopic (exact) mass is 1200 g/mol. The first kappa shape index (κ1) is 54.1. The molecule has 444 valence electrons. The summed E-state index contributed by atoms with van der Waals surface area (Å²) in [6.07, 6.45) is 0. The number of nitrogens with zero attached hydrogens (tertiary/aromatic N) is 4. The van der Waals surface area contributed by atoms with E-state index in [1.807, 2.05) is 0 Å². The first-order valence-electron chi connectivity index (χ1n) is 32.9. The lowest BCUT2D eigenvalue weighted by molar-refractivity contribution is 0.660. The molecule has 0 spiro atoms. The minimum atomic E-state index is -0.292. The normalized spacial score (nSPS) is 13.5. The second kappa shape index (κ2) is 20.4. The molecular formula is C90H64N4. The van der Waals surface area contributed by atoms with E-state index in [4.69, 9.17) is 0 Å². The molecular weight excluding hydrogens is 1140 g/mol. The molecule has 3 aromatic heterocycles. The smallest absolute Gasteiger partial charge is 0.0547 e. The molecule has 0 aliphatic heterocycles. The molecule has 0 saturated carbocycles. The van der Waals surface area contributed by atoms with Crippen LogP contribution in [0.15, 0.2) is 315 Å². The van der Waals surface area contributed by atoms with Crippen LogP contribution >= 0.6 is 0 Å². The maximum absolute atomic E-state index is 2.50. The Balaban J connectivity index is 0.713. The molecule has 2 aliphatic carbocycles. The third kappa shape index (κ3) is 8.06. The standard InChI is InChI=1S/C90H64N4/c1-89(2)79-51-59(61-36-45-76-73-26-14-17-29-83(73)93(87(76)53-61)64-22-10-6-11-23-64)34-43-69(79)71-47-41-67(55-81(71)89)91(66-39-32-57(33-40-66)58-38-49-86-78(50-58)75-28-16-19-31-85(75)92(86)63-20-8-5-9-21-63)68-42-48-72-70-44-35-60(52-80(70)90(3,4)82(72)56-68)62-37-46-77-74-27-15-18-30-84(74)94(88(77)54-62)65-24-12-7-13-25-65/h5-56H,1-4H3. The molecule has 17 aromatic rings. The highest BCUT2D eigenvalue weighted by Gasteiger charge is 2.39. The number of rotatable bonds is 9. The van der Waals surface area contributed by atoms with Crippen LogP contribution < -0.4 is 4.90 Å². The molecule has 4 heteroatoms. The Hall–Kier alpha value is -11.7. The lowest BCUT2D eigenvalue weighted by Gasteiger charge is -2.30. The van der Waals surface area contributed by atoms with Gasteiger partial charge in [-0.25, -0.2) is 0 Å². The molecule has 19 rings (SSSR count). The summed E-state index contributed by atoms with van der Waals surface area (Å²) in [5.74, 6) is 0. The Kier molecular flexibility index (Phi) is 11.7. The average Bonchev–Trinajstić information content (AvgIpc) is 1.56. The zero-order valence-electron chi connectivity index (χ0n) is 52.8. The number of hydrogen-bond acceptors (Lipinski definition) is 1. The Bertz CT molecular complexity index is 5690. The fraction of sp³-hybridized carbons (Fsp3) is 0.0667. The molecule has 0 atom stereocenters. The van der Waals surface area contributed by atoms with E-state index in [1.165, 1.54) is 143 Å². The van der Waals surface area contributed by atoms with Crippen LogP contribution in [0.2, 0.25) is 0 Å². The van der Waals surface area contributed by atoms with Gasteiger partial charge in [-0.1, -0.05) is 216 Å². The van der Waals surface area contributed by atoms with Crippen LogP contribution in [-0.2, 0) is 10.8 Å². The van der Waals surface area contributed by atoms with E-state index < -0.39 is 0 Å². The number of hydrogen-bond donors (Lipinski definition) is 0. The van der Waals surface area contributed by atoms with Gasteiger partial charge >= 0.3 is 0 Å². The summed E-state index contributed by atoms with van der Waals surface area (Å²) in [5.41, 5.74) is 31.2. The van der Waals surface area contributed by atoms with E-state index in [-0.39, 0.29) is 10.8 Å². The van der Waals surface area contributed by atoms with Gasteiger partial charge in [0.1, 0.15) is 0 Å². The third-order valence-corrected chi connectivity index (χ3v) is 21.0. The van der Waals surface area contributed by atoms with Gasteiger partial charge in [0, 0.05) is 77.3 Å². The number of anilines is 3. The maximum atomic E-state index is 2.50. The maximum Gasteiger partial charge on any atom is 0.0547 e. The van der Waals surface area contributed by atoms with Crippen molar-refractivity contribution in [3.63, 3.8) is 0 Å². The van der Waals surface area contributed by atoms with Gasteiger partial charge in [0.2, 0.25) is 0 Å². The van der Waals surface area contributed by atoms with Crippen molar-refractivity contribution in [3.05, 3.63) is 338 Å². The second-order valence-corrected chi connectivity index (χ2v) is 26.9. The van der Waals surface area contributed by atoms with E-state index in [1.54, 1.807) is 0 Å². The first-order chi connectivity index (χ1) is 46.1. The molecule has 0 radical (unpaired) electrons. The Morgan fingerprint density at radius 1 is 0.213 bits per heavy atom. The summed E-state index contributed by atoms with van der Waals surface area (Å²) in [6.45, 7) is 9.66. The van der Waals surface area contributed by atoms with E-state index in [2.05, 4.69) is 362 Å². The highest BCUT2D eigenvalue weighted by Crippen LogP contribution is 2.55. The van der Waals surface area contributed by atoms with Gasteiger partial charge in [0.25, 0.3) is 0 Å². The summed E-state index contributed by atoms with van der Waals surface area (Å²) in [4.78, 5) is 2.50. The number of fused-ring (bicyclic) bond motifs is 15. The summed E-state index contributed by atoms with van der Waals surface area (Å²) in [7, 11) is 0. The van der Waals surface area contributed by atoms with Crippen LogP contribution in [0.4, 0.5) is 17.1 Å². The van der Waals surface area contributed by atoms with Crippen LogP contribution in [0.5, 0.6) is 0 Å². The zero-order chi connectivity index (χ0) is 62.6. The summed E-state index contributed by atoms with van der Waals surface area (Å²) in [5, 5.41) is 7.53. The summed E-state index contributed by atoms with van der Waals surface area (Å²) < 4.78 is 7.22. The minimum Gasteiger partial charge on any atom is -0.310 e. The topological polar surface area (TPSA) is 18.0 Å². The molecule has 0 amide bonds. The molecule has 0 N–H and O–H groups in total. The second-order valence-electron chi connectivity index (χ2n) is 26.9. The Labute approximate surface area is 546 Å². The van der Waals surface area contributed by atoms with Crippen molar-refractivity contribution < 1.29 is 0 Å². The molecule has 3 heterocycles. The number of para-hydroxylation sites is 6. The van der Waals surface area contributed by atoms with Crippen LogP contribution in [0.1, 0.15) is 49.9 Å².